The van der Waals surface area contributed by atoms with Gasteiger partial charge in [-0.15, -0.1) is 0 Å². The maximum Gasteiger partial charge on any atom is 0.180 e. The standard InChI is InChI=1S/C6H15N3S/c1-4-9(5-2)8(3)6(7)10/h4-5H2,1-3H3,(H2,7,10). The fraction of sp³-hybridized carbons (Fsp3) is 0.833. The van der Waals surface area contributed by atoms with Gasteiger partial charge in [0, 0.05) is 20.1 Å². The highest BCUT2D eigenvalue weighted by Crippen LogP contribution is 1.92. The number of hydrazine groups is 1. The molecule has 0 aliphatic rings. The molecular weight excluding hydrogens is 146 g/mol. The summed E-state index contributed by atoms with van der Waals surface area (Å²) in [6.07, 6.45) is 0. The lowest BCUT2D eigenvalue weighted by Gasteiger charge is -2.29. The fourth-order valence-corrected chi connectivity index (χ4v) is 0.903. The summed E-state index contributed by atoms with van der Waals surface area (Å²) >= 11 is 4.79. The summed E-state index contributed by atoms with van der Waals surface area (Å²) in [6, 6.07) is 0. The minimum absolute atomic E-state index is 0.420. The van der Waals surface area contributed by atoms with Crippen molar-refractivity contribution < 1.29 is 0 Å². The first-order valence-electron chi connectivity index (χ1n) is 3.41. The van der Waals surface area contributed by atoms with Gasteiger partial charge >= 0.3 is 0 Å². The van der Waals surface area contributed by atoms with Crippen LogP contribution in [0.25, 0.3) is 0 Å². The second-order valence-corrected chi connectivity index (χ2v) is 2.42. The zero-order chi connectivity index (χ0) is 8.15. The van der Waals surface area contributed by atoms with E-state index in [1.54, 1.807) is 5.01 Å². The van der Waals surface area contributed by atoms with Crippen molar-refractivity contribution >= 4 is 17.3 Å². The topological polar surface area (TPSA) is 32.5 Å². The second kappa shape index (κ2) is 4.46. The van der Waals surface area contributed by atoms with E-state index in [9.17, 15) is 0 Å². The number of thiocarbonyl (C=S) groups is 1. The number of nitrogens with two attached hydrogens (primary N) is 1. The van der Waals surface area contributed by atoms with Crippen molar-refractivity contribution in [1.29, 1.82) is 0 Å². The number of nitrogens with zero attached hydrogens (tertiary/aromatic N) is 2. The Kier molecular flexibility index (Phi) is 4.31. The number of rotatable bonds is 3. The minimum Gasteiger partial charge on any atom is -0.375 e. The summed E-state index contributed by atoms with van der Waals surface area (Å²) in [7, 11) is 1.87. The molecule has 0 aromatic carbocycles. The smallest absolute Gasteiger partial charge is 0.180 e. The van der Waals surface area contributed by atoms with E-state index in [0.29, 0.717) is 5.11 Å². The van der Waals surface area contributed by atoms with E-state index < -0.39 is 0 Å². The molecule has 0 aliphatic heterocycles. The Bertz CT molecular complexity index is 112. The Morgan fingerprint density at radius 2 is 1.80 bits per heavy atom. The van der Waals surface area contributed by atoms with Crippen LogP contribution in [0.2, 0.25) is 0 Å². The molecule has 0 rings (SSSR count). The Hall–Kier alpha value is -0.350. The summed E-state index contributed by atoms with van der Waals surface area (Å²) in [5.41, 5.74) is 5.40. The van der Waals surface area contributed by atoms with Crippen LogP contribution in [0.3, 0.4) is 0 Å². The van der Waals surface area contributed by atoms with Crippen LogP contribution in [-0.4, -0.2) is 35.3 Å². The predicted molar refractivity (Wildman–Crippen MR) is 47.5 cm³/mol. The number of hydrogen-bond acceptors (Lipinski definition) is 2. The van der Waals surface area contributed by atoms with E-state index in [4.69, 9.17) is 18.0 Å². The van der Waals surface area contributed by atoms with Crippen molar-refractivity contribution in [3.8, 4) is 0 Å². The lowest BCUT2D eigenvalue weighted by Crippen LogP contribution is -2.46. The van der Waals surface area contributed by atoms with E-state index in [1.807, 2.05) is 7.05 Å². The van der Waals surface area contributed by atoms with Crippen molar-refractivity contribution in [2.24, 2.45) is 5.73 Å². The van der Waals surface area contributed by atoms with Crippen LogP contribution in [-0.2, 0) is 0 Å². The molecule has 10 heavy (non-hydrogen) atoms. The van der Waals surface area contributed by atoms with Gasteiger partial charge in [0.05, 0.1) is 0 Å². The van der Waals surface area contributed by atoms with Gasteiger partial charge in [-0.2, -0.15) is 0 Å². The molecule has 60 valence electrons. The maximum atomic E-state index is 5.40. The van der Waals surface area contributed by atoms with E-state index in [-0.39, 0.29) is 0 Å². The first kappa shape index (κ1) is 9.65. The van der Waals surface area contributed by atoms with Crippen LogP contribution in [0, 0.1) is 0 Å². The highest BCUT2D eigenvalue weighted by Gasteiger charge is 2.05. The van der Waals surface area contributed by atoms with Crippen LogP contribution in [0.1, 0.15) is 13.8 Å². The third kappa shape index (κ3) is 2.49. The van der Waals surface area contributed by atoms with Gasteiger partial charge in [-0.25, -0.2) is 5.01 Å². The first-order chi connectivity index (χ1) is 4.63. The molecule has 4 heteroatoms. The van der Waals surface area contributed by atoms with Crippen molar-refractivity contribution in [3.05, 3.63) is 0 Å². The van der Waals surface area contributed by atoms with Gasteiger partial charge in [-0.1, -0.05) is 13.8 Å². The maximum absolute atomic E-state index is 5.40. The largest absolute Gasteiger partial charge is 0.375 e. The predicted octanol–water partition coefficient (Wildman–Crippen LogP) is 0.419. The lowest BCUT2D eigenvalue weighted by atomic mass is 10.6. The van der Waals surface area contributed by atoms with Gasteiger partial charge in [-0.3, -0.25) is 5.01 Å². The van der Waals surface area contributed by atoms with Gasteiger partial charge in [0.25, 0.3) is 0 Å². The number of hydrogen-bond donors (Lipinski definition) is 1. The van der Waals surface area contributed by atoms with E-state index in [2.05, 4.69) is 18.9 Å². The lowest BCUT2D eigenvalue weighted by molar-refractivity contribution is 0.0854. The summed E-state index contributed by atoms with van der Waals surface area (Å²) in [4.78, 5) is 0. The summed E-state index contributed by atoms with van der Waals surface area (Å²) < 4.78 is 0. The van der Waals surface area contributed by atoms with Crippen LogP contribution in [0.4, 0.5) is 0 Å². The molecule has 0 atom stereocenters. The van der Waals surface area contributed by atoms with Crippen molar-refractivity contribution in [2.75, 3.05) is 20.1 Å². The van der Waals surface area contributed by atoms with Crippen molar-refractivity contribution in [3.63, 3.8) is 0 Å². The molecule has 0 saturated heterocycles. The van der Waals surface area contributed by atoms with Crippen LogP contribution < -0.4 is 5.73 Å². The highest BCUT2D eigenvalue weighted by atomic mass is 32.1. The molecule has 0 bridgehead atoms. The zero-order valence-corrected chi connectivity index (χ0v) is 7.61. The van der Waals surface area contributed by atoms with Gasteiger partial charge in [0.2, 0.25) is 0 Å². The molecule has 3 nitrogen and oxygen atoms in total. The molecule has 0 unspecified atom stereocenters. The molecule has 0 amide bonds. The summed E-state index contributed by atoms with van der Waals surface area (Å²) in [5.74, 6) is 0. The van der Waals surface area contributed by atoms with E-state index >= 15 is 0 Å². The molecule has 0 saturated carbocycles. The quantitative estimate of drug-likeness (QED) is 0.480. The first-order valence-corrected chi connectivity index (χ1v) is 3.82. The third-order valence-corrected chi connectivity index (χ3v) is 1.74. The van der Waals surface area contributed by atoms with Crippen molar-refractivity contribution in [1.82, 2.24) is 10.0 Å². The Morgan fingerprint density at radius 3 is 1.90 bits per heavy atom. The Labute approximate surface area is 67.8 Å². The molecule has 0 fully saturated rings. The van der Waals surface area contributed by atoms with Gasteiger partial charge in [-0.05, 0) is 12.2 Å². The average Bonchev–Trinajstić information content (AvgIpc) is 1.90. The highest BCUT2D eigenvalue weighted by molar-refractivity contribution is 7.80. The minimum atomic E-state index is 0.420. The SMILES string of the molecule is CCN(CC)N(C)C(N)=S. The molecule has 0 heterocycles. The second-order valence-electron chi connectivity index (χ2n) is 2.00. The molecule has 0 aromatic rings. The molecule has 0 radical (unpaired) electrons. The molecule has 0 aliphatic carbocycles. The molecule has 0 aromatic heterocycles. The fourth-order valence-electron chi connectivity index (χ4n) is 0.787. The zero-order valence-electron chi connectivity index (χ0n) is 6.79. The van der Waals surface area contributed by atoms with Crippen LogP contribution in [0.5, 0.6) is 0 Å². The normalized spacial score (nSPS) is 10.0. The summed E-state index contributed by atoms with van der Waals surface area (Å²) in [6.45, 7) is 6.01. The van der Waals surface area contributed by atoms with E-state index in [1.165, 1.54) is 0 Å². The average molecular weight is 161 g/mol. The van der Waals surface area contributed by atoms with Gasteiger partial charge < -0.3 is 5.73 Å². The van der Waals surface area contributed by atoms with E-state index in [0.717, 1.165) is 13.1 Å². The monoisotopic (exact) mass is 161 g/mol. The molecule has 0 spiro atoms. The van der Waals surface area contributed by atoms with Crippen molar-refractivity contribution in [2.45, 2.75) is 13.8 Å². The Morgan fingerprint density at radius 1 is 1.40 bits per heavy atom. The third-order valence-electron chi connectivity index (χ3n) is 1.47. The van der Waals surface area contributed by atoms with Gasteiger partial charge in [0.15, 0.2) is 5.11 Å². The van der Waals surface area contributed by atoms with Crippen LogP contribution in [0.15, 0.2) is 0 Å². The summed E-state index contributed by atoms with van der Waals surface area (Å²) in [5, 5.41) is 4.27. The Balaban J connectivity index is 3.88. The molecule has 2 N–H and O–H groups in total. The van der Waals surface area contributed by atoms with Gasteiger partial charge in [0.1, 0.15) is 0 Å². The van der Waals surface area contributed by atoms with Crippen LogP contribution >= 0.6 is 12.2 Å². The molecular formula is C6H15N3S.